The van der Waals surface area contributed by atoms with Crippen LogP contribution in [0, 0.1) is 0 Å². The number of aliphatic imine (C=N–C) groups is 1. The summed E-state index contributed by atoms with van der Waals surface area (Å²) in [6, 6.07) is 4.29. The van der Waals surface area contributed by atoms with E-state index < -0.39 is 0 Å². The van der Waals surface area contributed by atoms with E-state index in [9.17, 15) is 0 Å². The molecule has 3 N–H and O–H groups in total. The summed E-state index contributed by atoms with van der Waals surface area (Å²) in [6.07, 6.45) is 0. The van der Waals surface area contributed by atoms with Crippen LogP contribution in [0.5, 0.6) is 0 Å². The van der Waals surface area contributed by atoms with E-state index in [1.807, 2.05) is 0 Å². The number of guanidine groups is 1. The van der Waals surface area contributed by atoms with Crippen molar-refractivity contribution in [1.82, 2.24) is 16.0 Å². The van der Waals surface area contributed by atoms with Crippen LogP contribution in [0.4, 0.5) is 0 Å². The Hall–Kier alpha value is -1.07. The maximum atomic E-state index is 4.75. The summed E-state index contributed by atoms with van der Waals surface area (Å²) in [5.74, 6) is 0.892. The first-order chi connectivity index (χ1) is 10.2. The lowest BCUT2D eigenvalue weighted by atomic mass is 9.92. The Balaban J connectivity index is 2.51. The van der Waals surface area contributed by atoms with Gasteiger partial charge in [-0.25, -0.2) is 0 Å². The van der Waals surface area contributed by atoms with Gasteiger partial charge in [-0.2, -0.15) is 0 Å². The zero-order chi connectivity index (χ0) is 16.6. The molecule has 0 spiro atoms. The molecule has 0 saturated heterocycles. The van der Waals surface area contributed by atoms with Crippen molar-refractivity contribution >= 4 is 17.3 Å². The zero-order valence-corrected chi connectivity index (χ0v) is 15.7. The first-order valence-corrected chi connectivity index (χ1v) is 8.94. The van der Waals surface area contributed by atoms with Gasteiger partial charge in [0.05, 0.1) is 6.54 Å². The van der Waals surface area contributed by atoms with E-state index in [0.717, 1.165) is 32.1 Å². The fraction of sp³-hybridized carbons (Fsp3) is 0.706. The molecule has 0 aliphatic heterocycles. The first-order valence-electron chi connectivity index (χ1n) is 8.06. The van der Waals surface area contributed by atoms with Gasteiger partial charge in [0.1, 0.15) is 0 Å². The van der Waals surface area contributed by atoms with Crippen LogP contribution in [0.2, 0.25) is 0 Å². The third kappa shape index (κ3) is 7.27. The Morgan fingerprint density at radius 3 is 2.41 bits per heavy atom. The molecule has 0 saturated carbocycles. The SMILES string of the molecule is CCNC(=NCC(C)(C)c1cccs1)NCCNC(C)(C)C. The van der Waals surface area contributed by atoms with Gasteiger partial charge in [0.2, 0.25) is 0 Å². The van der Waals surface area contributed by atoms with Crippen LogP contribution in [-0.2, 0) is 5.41 Å². The summed E-state index contributed by atoms with van der Waals surface area (Å²) in [6.45, 7) is 16.5. The minimum Gasteiger partial charge on any atom is -0.357 e. The molecule has 1 heterocycles. The van der Waals surface area contributed by atoms with Crippen LogP contribution < -0.4 is 16.0 Å². The number of hydrogen-bond donors (Lipinski definition) is 3. The van der Waals surface area contributed by atoms with Crippen LogP contribution in [-0.4, -0.2) is 37.7 Å². The fourth-order valence-electron chi connectivity index (χ4n) is 1.98. The molecule has 22 heavy (non-hydrogen) atoms. The van der Waals surface area contributed by atoms with Crippen molar-refractivity contribution in [3.63, 3.8) is 0 Å². The number of nitrogens with one attached hydrogen (secondary N) is 3. The minimum atomic E-state index is 0.0696. The van der Waals surface area contributed by atoms with Crippen LogP contribution in [0.15, 0.2) is 22.5 Å². The molecule has 5 heteroatoms. The maximum absolute atomic E-state index is 4.75. The van der Waals surface area contributed by atoms with Crippen LogP contribution in [0.3, 0.4) is 0 Å². The predicted octanol–water partition coefficient (Wildman–Crippen LogP) is 2.97. The quantitative estimate of drug-likeness (QED) is 0.410. The standard InChI is InChI=1S/C17H32N4S/c1-7-18-15(19-10-11-21-16(2,3)4)20-13-17(5,6)14-9-8-12-22-14/h8-9,12,21H,7,10-11,13H2,1-6H3,(H2,18,19,20). The summed E-state index contributed by atoms with van der Waals surface area (Å²) in [5.41, 5.74) is 0.221. The molecule has 1 aromatic rings. The van der Waals surface area contributed by atoms with E-state index in [-0.39, 0.29) is 11.0 Å². The van der Waals surface area contributed by atoms with Crippen molar-refractivity contribution in [2.24, 2.45) is 4.99 Å². The summed E-state index contributed by atoms with van der Waals surface area (Å²) in [5, 5.41) is 12.3. The average molecular weight is 325 g/mol. The molecule has 0 aromatic carbocycles. The summed E-state index contributed by atoms with van der Waals surface area (Å²) in [7, 11) is 0. The lowest BCUT2D eigenvalue weighted by Gasteiger charge is -2.23. The van der Waals surface area contributed by atoms with Crippen LogP contribution >= 0.6 is 11.3 Å². The summed E-state index contributed by atoms with van der Waals surface area (Å²) >= 11 is 1.80. The molecule has 0 atom stereocenters. The highest BCUT2D eigenvalue weighted by Gasteiger charge is 2.21. The maximum Gasteiger partial charge on any atom is 0.191 e. The lowest BCUT2D eigenvalue weighted by Crippen LogP contribution is -2.44. The van der Waals surface area contributed by atoms with Gasteiger partial charge in [-0.15, -0.1) is 11.3 Å². The zero-order valence-electron chi connectivity index (χ0n) is 14.9. The average Bonchev–Trinajstić information content (AvgIpc) is 2.94. The molecular formula is C17H32N4S. The van der Waals surface area contributed by atoms with Crippen molar-refractivity contribution in [2.75, 3.05) is 26.2 Å². The van der Waals surface area contributed by atoms with Crippen molar-refractivity contribution in [1.29, 1.82) is 0 Å². The van der Waals surface area contributed by atoms with Gasteiger partial charge in [-0.05, 0) is 39.1 Å². The summed E-state index contributed by atoms with van der Waals surface area (Å²) in [4.78, 5) is 6.12. The minimum absolute atomic E-state index is 0.0696. The lowest BCUT2D eigenvalue weighted by molar-refractivity contribution is 0.428. The Labute approximate surface area is 139 Å². The van der Waals surface area contributed by atoms with E-state index in [0.29, 0.717) is 0 Å². The third-order valence-electron chi connectivity index (χ3n) is 3.24. The number of rotatable bonds is 7. The Bertz CT molecular complexity index is 444. The largest absolute Gasteiger partial charge is 0.357 e. The number of nitrogens with zero attached hydrogens (tertiary/aromatic N) is 1. The van der Waals surface area contributed by atoms with Crippen molar-refractivity contribution < 1.29 is 0 Å². The van der Waals surface area contributed by atoms with Crippen LogP contribution in [0.1, 0.15) is 46.4 Å². The fourth-order valence-corrected chi connectivity index (χ4v) is 2.82. The van der Waals surface area contributed by atoms with Gasteiger partial charge in [-0.1, -0.05) is 19.9 Å². The third-order valence-corrected chi connectivity index (χ3v) is 4.47. The molecule has 0 unspecified atom stereocenters. The number of thiophene rings is 1. The van der Waals surface area contributed by atoms with E-state index >= 15 is 0 Å². The predicted molar refractivity (Wildman–Crippen MR) is 99.1 cm³/mol. The van der Waals surface area contributed by atoms with Gasteiger partial charge in [-0.3, -0.25) is 4.99 Å². The molecule has 1 aromatic heterocycles. The van der Waals surface area contributed by atoms with Gasteiger partial charge in [0.25, 0.3) is 0 Å². The van der Waals surface area contributed by atoms with E-state index in [2.05, 4.69) is 75.0 Å². The molecule has 0 radical (unpaired) electrons. The molecular weight excluding hydrogens is 292 g/mol. The first kappa shape index (κ1) is 19.0. The molecule has 0 fully saturated rings. The molecule has 0 amide bonds. The molecule has 0 aliphatic carbocycles. The topological polar surface area (TPSA) is 48.5 Å². The van der Waals surface area contributed by atoms with Gasteiger partial charge in [0, 0.05) is 35.5 Å². The molecule has 126 valence electrons. The Kier molecular flexibility index (Phi) is 7.36. The smallest absolute Gasteiger partial charge is 0.191 e. The molecule has 0 bridgehead atoms. The van der Waals surface area contributed by atoms with Crippen molar-refractivity contribution in [3.05, 3.63) is 22.4 Å². The monoisotopic (exact) mass is 324 g/mol. The Morgan fingerprint density at radius 1 is 1.14 bits per heavy atom. The molecule has 1 rings (SSSR count). The molecule has 0 aliphatic rings. The highest BCUT2D eigenvalue weighted by Crippen LogP contribution is 2.27. The summed E-state index contributed by atoms with van der Waals surface area (Å²) < 4.78 is 0. The van der Waals surface area contributed by atoms with E-state index in [1.165, 1.54) is 4.88 Å². The Morgan fingerprint density at radius 2 is 1.86 bits per heavy atom. The second kappa shape index (κ2) is 8.53. The van der Waals surface area contributed by atoms with E-state index in [4.69, 9.17) is 4.99 Å². The normalized spacial score (nSPS) is 13.3. The van der Waals surface area contributed by atoms with Gasteiger partial charge >= 0.3 is 0 Å². The van der Waals surface area contributed by atoms with Crippen molar-refractivity contribution in [2.45, 2.75) is 52.5 Å². The van der Waals surface area contributed by atoms with Crippen LogP contribution in [0.25, 0.3) is 0 Å². The molecule has 4 nitrogen and oxygen atoms in total. The highest BCUT2D eigenvalue weighted by atomic mass is 32.1. The van der Waals surface area contributed by atoms with Crippen molar-refractivity contribution in [3.8, 4) is 0 Å². The van der Waals surface area contributed by atoms with Gasteiger partial charge in [0.15, 0.2) is 5.96 Å². The van der Waals surface area contributed by atoms with E-state index in [1.54, 1.807) is 11.3 Å². The number of hydrogen-bond acceptors (Lipinski definition) is 3. The highest BCUT2D eigenvalue weighted by molar-refractivity contribution is 7.10. The van der Waals surface area contributed by atoms with Gasteiger partial charge < -0.3 is 16.0 Å². The second-order valence-electron chi connectivity index (χ2n) is 7.16. The second-order valence-corrected chi connectivity index (χ2v) is 8.11.